The van der Waals surface area contributed by atoms with E-state index in [0.717, 1.165) is 17.7 Å². The van der Waals surface area contributed by atoms with Crippen molar-refractivity contribution < 1.29 is 0 Å². The normalized spacial score (nSPS) is 10.9. The molecule has 0 aliphatic heterocycles. The molecule has 17 heavy (non-hydrogen) atoms. The monoisotopic (exact) mass is 334 g/mol. The first kappa shape index (κ1) is 12.8. The number of halogens is 3. The quantitative estimate of drug-likeness (QED) is 0.789. The van der Waals surface area contributed by atoms with Crippen molar-refractivity contribution in [2.45, 2.75) is 13.3 Å². The Hall–Kier alpha value is -0.650. The molecule has 0 N–H and O–H groups in total. The van der Waals surface area contributed by atoms with Crippen LogP contribution >= 0.6 is 39.1 Å². The van der Waals surface area contributed by atoms with Gasteiger partial charge in [-0.15, -0.1) is 0 Å². The standard InChI is InChI=1S/C10H9BrCl2N4/c1-3-6-5(4-17(2)16-6)10-14-8(12)7(11)9(13)15-10/h4H,3H2,1-2H3. The highest BCUT2D eigenvalue weighted by Crippen LogP contribution is 2.30. The molecule has 0 saturated heterocycles. The van der Waals surface area contributed by atoms with E-state index in [1.807, 2.05) is 20.2 Å². The van der Waals surface area contributed by atoms with Crippen LogP contribution in [0.3, 0.4) is 0 Å². The zero-order valence-electron chi connectivity index (χ0n) is 9.21. The fourth-order valence-electron chi connectivity index (χ4n) is 1.50. The van der Waals surface area contributed by atoms with Gasteiger partial charge in [0, 0.05) is 13.2 Å². The van der Waals surface area contributed by atoms with E-state index in [9.17, 15) is 0 Å². The van der Waals surface area contributed by atoms with Crippen LogP contribution in [0.2, 0.25) is 10.3 Å². The van der Waals surface area contributed by atoms with E-state index >= 15 is 0 Å². The van der Waals surface area contributed by atoms with Gasteiger partial charge >= 0.3 is 0 Å². The van der Waals surface area contributed by atoms with Crippen LogP contribution in [0.5, 0.6) is 0 Å². The predicted octanol–water partition coefficient (Wildman–Crippen LogP) is 3.51. The summed E-state index contributed by atoms with van der Waals surface area (Å²) in [5.41, 5.74) is 1.77. The molecule has 0 spiro atoms. The lowest BCUT2D eigenvalue weighted by Crippen LogP contribution is -1.94. The third kappa shape index (κ3) is 2.46. The summed E-state index contributed by atoms with van der Waals surface area (Å²) in [5, 5.41) is 4.92. The molecule has 0 fully saturated rings. The molecule has 7 heteroatoms. The van der Waals surface area contributed by atoms with Gasteiger partial charge in [-0.1, -0.05) is 30.1 Å². The molecule has 90 valence electrons. The van der Waals surface area contributed by atoms with Crippen molar-refractivity contribution >= 4 is 39.1 Å². The van der Waals surface area contributed by atoms with Gasteiger partial charge in [0.2, 0.25) is 0 Å². The number of aryl methyl sites for hydroxylation is 2. The highest BCUT2D eigenvalue weighted by Gasteiger charge is 2.15. The summed E-state index contributed by atoms with van der Waals surface area (Å²) in [4.78, 5) is 8.39. The minimum Gasteiger partial charge on any atom is -0.275 e. The molecular weight excluding hydrogens is 327 g/mol. The van der Waals surface area contributed by atoms with E-state index in [0.29, 0.717) is 20.6 Å². The van der Waals surface area contributed by atoms with E-state index in [2.05, 4.69) is 31.0 Å². The van der Waals surface area contributed by atoms with Gasteiger partial charge in [0.25, 0.3) is 0 Å². The smallest absolute Gasteiger partial charge is 0.166 e. The molecule has 0 unspecified atom stereocenters. The Morgan fingerprint density at radius 2 is 1.88 bits per heavy atom. The summed E-state index contributed by atoms with van der Waals surface area (Å²) in [6.07, 6.45) is 2.65. The molecular formula is C10H9BrCl2N4. The largest absolute Gasteiger partial charge is 0.275 e. The van der Waals surface area contributed by atoms with Gasteiger partial charge in [-0.3, -0.25) is 4.68 Å². The zero-order chi connectivity index (χ0) is 12.6. The average molecular weight is 336 g/mol. The summed E-state index contributed by atoms with van der Waals surface area (Å²) < 4.78 is 2.23. The molecule has 0 saturated carbocycles. The van der Waals surface area contributed by atoms with Crippen LogP contribution in [0.15, 0.2) is 10.7 Å². The van der Waals surface area contributed by atoms with E-state index < -0.39 is 0 Å². The van der Waals surface area contributed by atoms with Crippen LogP contribution in [-0.2, 0) is 13.5 Å². The number of hydrogen-bond donors (Lipinski definition) is 0. The minimum atomic E-state index is 0.297. The van der Waals surface area contributed by atoms with E-state index in [4.69, 9.17) is 23.2 Å². The summed E-state index contributed by atoms with van der Waals surface area (Å²) in [5.74, 6) is 0.494. The Kier molecular flexibility index (Phi) is 3.70. The third-order valence-corrected chi connectivity index (χ3v) is 4.01. The molecule has 0 bridgehead atoms. The first-order valence-corrected chi connectivity index (χ1v) is 6.49. The topological polar surface area (TPSA) is 43.6 Å². The van der Waals surface area contributed by atoms with E-state index in [1.165, 1.54) is 0 Å². The van der Waals surface area contributed by atoms with Gasteiger partial charge in [0.15, 0.2) is 5.82 Å². The third-order valence-electron chi connectivity index (χ3n) is 2.25. The molecule has 0 amide bonds. The maximum Gasteiger partial charge on any atom is 0.166 e. The Labute approximate surface area is 117 Å². The van der Waals surface area contributed by atoms with Crippen molar-refractivity contribution in [2.24, 2.45) is 7.05 Å². The molecule has 2 rings (SSSR count). The minimum absolute atomic E-state index is 0.297. The summed E-state index contributed by atoms with van der Waals surface area (Å²) in [7, 11) is 1.85. The van der Waals surface area contributed by atoms with Crippen molar-refractivity contribution in [3.63, 3.8) is 0 Å². The average Bonchev–Trinajstić information content (AvgIpc) is 2.66. The predicted molar refractivity (Wildman–Crippen MR) is 71.3 cm³/mol. The summed E-state index contributed by atoms with van der Waals surface area (Å²) >= 11 is 15.1. The molecule has 2 aromatic heterocycles. The van der Waals surface area contributed by atoms with Crippen molar-refractivity contribution in [1.29, 1.82) is 0 Å². The van der Waals surface area contributed by atoms with Gasteiger partial charge in [-0.05, 0) is 22.4 Å². The van der Waals surface area contributed by atoms with Crippen molar-refractivity contribution in [3.05, 3.63) is 26.7 Å². The molecule has 0 aromatic carbocycles. The van der Waals surface area contributed by atoms with Crippen molar-refractivity contribution in [3.8, 4) is 11.4 Å². The fraction of sp³-hybridized carbons (Fsp3) is 0.300. The van der Waals surface area contributed by atoms with Gasteiger partial charge in [0.1, 0.15) is 10.3 Å². The molecule has 0 radical (unpaired) electrons. The van der Waals surface area contributed by atoms with Gasteiger partial charge in [-0.25, -0.2) is 9.97 Å². The second-order valence-corrected chi connectivity index (χ2v) is 4.97. The molecule has 4 nitrogen and oxygen atoms in total. The maximum atomic E-state index is 5.96. The number of nitrogens with zero attached hydrogens (tertiary/aromatic N) is 4. The summed E-state index contributed by atoms with van der Waals surface area (Å²) in [6, 6.07) is 0. The highest BCUT2D eigenvalue weighted by molar-refractivity contribution is 9.10. The van der Waals surface area contributed by atoms with E-state index in [-0.39, 0.29) is 0 Å². The van der Waals surface area contributed by atoms with Crippen LogP contribution in [0.4, 0.5) is 0 Å². The van der Waals surface area contributed by atoms with E-state index in [1.54, 1.807) is 4.68 Å². The number of rotatable bonds is 2. The second kappa shape index (κ2) is 4.92. The lowest BCUT2D eigenvalue weighted by atomic mass is 10.2. The van der Waals surface area contributed by atoms with Crippen molar-refractivity contribution in [1.82, 2.24) is 19.7 Å². The first-order valence-electron chi connectivity index (χ1n) is 4.94. The first-order chi connectivity index (χ1) is 8.02. The molecule has 2 aromatic rings. The fourth-order valence-corrected chi connectivity index (χ4v) is 2.06. The maximum absolute atomic E-state index is 5.96. The van der Waals surface area contributed by atoms with Gasteiger partial charge in [0.05, 0.1) is 15.7 Å². The Morgan fingerprint density at radius 3 is 2.41 bits per heavy atom. The Balaban J connectivity index is 2.60. The molecule has 0 atom stereocenters. The van der Waals surface area contributed by atoms with Crippen LogP contribution in [-0.4, -0.2) is 19.7 Å². The van der Waals surface area contributed by atoms with Crippen molar-refractivity contribution in [2.75, 3.05) is 0 Å². The van der Waals surface area contributed by atoms with Crippen LogP contribution < -0.4 is 0 Å². The SMILES string of the molecule is CCc1nn(C)cc1-c1nc(Cl)c(Br)c(Cl)n1. The molecule has 0 aliphatic rings. The lowest BCUT2D eigenvalue weighted by Gasteiger charge is -2.02. The van der Waals surface area contributed by atoms with Crippen LogP contribution in [0, 0.1) is 0 Å². The number of aromatic nitrogens is 4. The van der Waals surface area contributed by atoms with Gasteiger partial charge in [-0.2, -0.15) is 5.10 Å². The van der Waals surface area contributed by atoms with Crippen LogP contribution in [0.1, 0.15) is 12.6 Å². The number of hydrogen-bond acceptors (Lipinski definition) is 3. The zero-order valence-corrected chi connectivity index (χ0v) is 12.3. The van der Waals surface area contributed by atoms with Crippen LogP contribution in [0.25, 0.3) is 11.4 Å². The highest BCUT2D eigenvalue weighted by atomic mass is 79.9. The van der Waals surface area contributed by atoms with Gasteiger partial charge < -0.3 is 0 Å². The second-order valence-electron chi connectivity index (χ2n) is 3.46. The Morgan fingerprint density at radius 1 is 1.29 bits per heavy atom. The molecule has 2 heterocycles. The molecule has 0 aliphatic carbocycles. The Bertz CT molecular complexity index is 544. The lowest BCUT2D eigenvalue weighted by molar-refractivity contribution is 0.746. The summed E-state index contributed by atoms with van der Waals surface area (Å²) in [6.45, 7) is 2.02.